The minimum Gasteiger partial charge on any atom is -0.398 e. The van der Waals surface area contributed by atoms with Gasteiger partial charge in [0.15, 0.2) is 0 Å². The molecular formula is C11H26O2Si. The summed E-state index contributed by atoms with van der Waals surface area (Å²) in [5.41, 5.74) is 0. The Labute approximate surface area is 90.2 Å². The van der Waals surface area contributed by atoms with E-state index in [1.54, 1.807) is 0 Å². The summed E-state index contributed by atoms with van der Waals surface area (Å²) in [6.07, 6.45) is 0. The van der Waals surface area contributed by atoms with Crippen molar-refractivity contribution in [2.45, 2.75) is 46.7 Å². The standard InChI is InChI=1S/C11H26O2Si/c1-7-13-14(12-6,8-10(2)3)9-11(4)5/h10-11H,7-9H2,1-6H3. The van der Waals surface area contributed by atoms with Crippen LogP contribution < -0.4 is 0 Å². The molecule has 0 spiro atoms. The summed E-state index contributed by atoms with van der Waals surface area (Å²) in [4.78, 5) is 0. The van der Waals surface area contributed by atoms with Gasteiger partial charge >= 0.3 is 8.56 Å². The maximum atomic E-state index is 5.92. The highest BCUT2D eigenvalue weighted by Crippen LogP contribution is 2.26. The van der Waals surface area contributed by atoms with E-state index in [2.05, 4.69) is 34.6 Å². The average molecular weight is 218 g/mol. The van der Waals surface area contributed by atoms with Crippen LogP contribution in [0.1, 0.15) is 34.6 Å². The highest BCUT2D eigenvalue weighted by molar-refractivity contribution is 6.67. The Balaban J connectivity index is 4.42. The molecule has 0 saturated carbocycles. The second-order valence-electron chi connectivity index (χ2n) is 4.74. The van der Waals surface area contributed by atoms with Crippen LogP contribution in [-0.4, -0.2) is 22.3 Å². The predicted octanol–water partition coefficient (Wildman–Crippen LogP) is 3.42. The second-order valence-corrected chi connectivity index (χ2v) is 8.08. The van der Waals surface area contributed by atoms with Crippen molar-refractivity contribution in [1.29, 1.82) is 0 Å². The van der Waals surface area contributed by atoms with Crippen molar-refractivity contribution in [2.24, 2.45) is 11.8 Å². The topological polar surface area (TPSA) is 18.5 Å². The van der Waals surface area contributed by atoms with Crippen molar-refractivity contribution < 1.29 is 8.85 Å². The van der Waals surface area contributed by atoms with Crippen LogP contribution in [0.2, 0.25) is 12.1 Å². The highest BCUT2D eigenvalue weighted by atomic mass is 28.4. The van der Waals surface area contributed by atoms with E-state index in [9.17, 15) is 0 Å². The van der Waals surface area contributed by atoms with E-state index in [1.807, 2.05) is 7.11 Å². The Hall–Kier alpha value is 0.137. The third-order valence-electron chi connectivity index (χ3n) is 2.22. The SMILES string of the molecule is CCO[Si](CC(C)C)(CC(C)C)OC. The zero-order valence-electron chi connectivity index (χ0n) is 10.6. The van der Waals surface area contributed by atoms with Crippen LogP contribution in [0.25, 0.3) is 0 Å². The van der Waals surface area contributed by atoms with Gasteiger partial charge in [0.25, 0.3) is 0 Å². The highest BCUT2D eigenvalue weighted by Gasteiger charge is 2.37. The lowest BCUT2D eigenvalue weighted by molar-refractivity contribution is 0.199. The van der Waals surface area contributed by atoms with Gasteiger partial charge in [-0.25, -0.2) is 0 Å². The fourth-order valence-corrected chi connectivity index (χ4v) is 5.80. The Morgan fingerprint density at radius 1 is 1.00 bits per heavy atom. The van der Waals surface area contributed by atoms with Crippen molar-refractivity contribution in [3.63, 3.8) is 0 Å². The van der Waals surface area contributed by atoms with E-state index in [0.29, 0.717) is 11.8 Å². The molecule has 0 aromatic rings. The van der Waals surface area contributed by atoms with E-state index >= 15 is 0 Å². The van der Waals surface area contributed by atoms with Crippen LogP contribution in [0, 0.1) is 11.8 Å². The molecule has 0 fully saturated rings. The van der Waals surface area contributed by atoms with Crippen LogP contribution in [0.4, 0.5) is 0 Å². The molecule has 0 aliphatic carbocycles. The fraction of sp³-hybridized carbons (Fsp3) is 1.00. The van der Waals surface area contributed by atoms with Crippen LogP contribution in [-0.2, 0) is 8.85 Å². The smallest absolute Gasteiger partial charge is 0.338 e. The molecular weight excluding hydrogens is 192 g/mol. The van der Waals surface area contributed by atoms with Gasteiger partial charge in [-0.1, -0.05) is 27.7 Å². The molecule has 0 amide bonds. The molecule has 0 radical (unpaired) electrons. The first-order chi connectivity index (χ1) is 6.45. The molecule has 0 aromatic carbocycles. The molecule has 0 saturated heterocycles. The van der Waals surface area contributed by atoms with Gasteiger partial charge in [-0.05, 0) is 30.8 Å². The summed E-state index contributed by atoms with van der Waals surface area (Å²) < 4.78 is 11.6. The van der Waals surface area contributed by atoms with E-state index in [4.69, 9.17) is 8.85 Å². The summed E-state index contributed by atoms with van der Waals surface area (Å²) >= 11 is 0. The Kier molecular flexibility index (Phi) is 6.65. The van der Waals surface area contributed by atoms with Crippen molar-refractivity contribution in [2.75, 3.05) is 13.7 Å². The summed E-state index contributed by atoms with van der Waals surface area (Å²) in [6.45, 7) is 11.8. The van der Waals surface area contributed by atoms with E-state index in [0.717, 1.165) is 18.7 Å². The van der Waals surface area contributed by atoms with Gasteiger partial charge in [-0.15, -0.1) is 0 Å². The first-order valence-electron chi connectivity index (χ1n) is 5.65. The van der Waals surface area contributed by atoms with Crippen molar-refractivity contribution >= 4 is 8.56 Å². The molecule has 0 heterocycles. The van der Waals surface area contributed by atoms with E-state index < -0.39 is 8.56 Å². The average Bonchev–Trinajstić information content (AvgIpc) is 2.02. The third-order valence-corrected chi connectivity index (χ3v) is 6.65. The lowest BCUT2D eigenvalue weighted by atomic mass is 10.3. The second kappa shape index (κ2) is 6.59. The first-order valence-corrected chi connectivity index (χ1v) is 7.88. The zero-order chi connectivity index (χ0) is 11.2. The Bertz CT molecular complexity index is 136. The molecule has 3 heteroatoms. The molecule has 0 N–H and O–H groups in total. The maximum absolute atomic E-state index is 5.92. The fourth-order valence-electron chi connectivity index (χ4n) is 1.93. The van der Waals surface area contributed by atoms with Crippen LogP contribution in [0.15, 0.2) is 0 Å². The largest absolute Gasteiger partial charge is 0.398 e. The van der Waals surface area contributed by atoms with Crippen LogP contribution >= 0.6 is 0 Å². The van der Waals surface area contributed by atoms with Gasteiger partial charge in [-0.2, -0.15) is 0 Å². The summed E-state index contributed by atoms with van der Waals surface area (Å²) in [5.74, 6) is 1.32. The minimum absolute atomic E-state index is 0.659. The summed E-state index contributed by atoms with van der Waals surface area (Å²) in [7, 11) is -0.0835. The third kappa shape index (κ3) is 5.13. The Morgan fingerprint density at radius 2 is 1.43 bits per heavy atom. The minimum atomic E-state index is -1.90. The molecule has 0 aliphatic heterocycles. The molecule has 0 aromatic heterocycles. The molecule has 0 bridgehead atoms. The van der Waals surface area contributed by atoms with Gasteiger partial charge in [0.1, 0.15) is 0 Å². The van der Waals surface area contributed by atoms with Gasteiger partial charge in [-0.3, -0.25) is 0 Å². The molecule has 2 nitrogen and oxygen atoms in total. The molecule has 0 rings (SSSR count). The van der Waals surface area contributed by atoms with Crippen LogP contribution in [0.5, 0.6) is 0 Å². The monoisotopic (exact) mass is 218 g/mol. The summed E-state index contributed by atoms with van der Waals surface area (Å²) in [6, 6.07) is 2.21. The van der Waals surface area contributed by atoms with Gasteiger partial charge in [0.05, 0.1) is 0 Å². The quantitative estimate of drug-likeness (QED) is 0.610. The zero-order valence-corrected chi connectivity index (χ0v) is 11.6. The van der Waals surface area contributed by atoms with Crippen molar-refractivity contribution in [1.82, 2.24) is 0 Å². The number of hydrogen-bond donors (Lipinski definition) is 0. The molecule has 14 heavy (non-hydrogen) atoms. The first kappa shape index (κ1) is 14.1. The van der Waals surface area contributed by atoms with E-state index in [1.165, 1.54) is 0 Å². The normalized spacial score (nSPS) is 12.9. The Morgan fingerprint density at radius 3 is 1.64 bits per heavy atom. The molecule has 0 unspecified atom stereocenters. The lowest BCUT2D eigenvalue weighted by Crippen LogP contribution is -2.43. The van der Waals surface area contributed by atoms with Crippen molar-refractivity contribution in [3.8, 4) is 0 Å². The van der Waals surface area contributed by atoms with Crippen LogP contribution in [0.3, 0.4) is 0 Å². The maximum Gasteiger partial charge on any atom is 0.338 e. The number of rotatable bonds is 7. The van der Waals surface area contributed by atoms with Gasteiger partial charge in [0, 0.05) is 13.7 Å². The molecule has 0 aliphatic rings. The van der Waals surface area contributed by atoms with E-state index in [-0.39, 0.29) is 0 Å². The number of hydrogen-bond acceptors (Lipinski definition) is 2. The summed E-state index contributed by atoms with van der Waals surface area (Å²) in [5, 5.41) is 0. The van der Waals surface area contributed by atoms with Gasteiger partial charge < -0.3 is 8.85 Å². The molecule has 86 valence electrons. The molecule has 0 atom stereocenters. The lowest BCUT2D eigenvalue weighted by Gasteiger charge is -2.31. The van der Waals surface area contributed by atoms with Gasteiger partial charge in [0.2, 0.25) is 0 Å². The predicted molar refractivity (Wildman–Crippen MR) is 63.7 cm³/mol. The van der Waals surface area contributed by atoms with Crippen molar-refractivity contribution in [3.05, 3.63) is 0 Å².